The van der Waals surface area contributed by atoms with E-state index in [1.165, 1.54) is 4.31 Å². The maximum absolute atomic E-state index is 12.5. The molecule has 2 N–H and O–H groups in total. The second-order valence-electron chi connectivity index (χ2n) is 7.12. The first-order valence-corrected chi connectivity index (χ1v) is 10.5. The van der Waals surface area contributed by atoms with Crippen molar-refractivity contribution in [2.75, 3.05) is 21.9 Å². The summed E-state index contributed by atoms with van der Waals surface area (Å²) < 4.78 is 25.8. The van der Waals surface area contributed by atoms with Gasteiger partial charge in [0.2, 0.25) is 15.9 Å². The van der Waals surface area contributed by atoms with Gasteiger partial charge in [-0.25, -0.2) is 8.42 Å². The van der Waals surface area contributed by atoms with Gasteiger partial charge in [-0.15, -0.1) is 0 Å². The van der Waals surface area contributed by atoms with E-state index in [4.69, 9.17) is 5.11 Å². The topological polar surface area (TPSA) is 104 Å². The van der Waals surface area contributed by atoms with E-state index in [2.05, 4.69) is 5.32 Å². The fraction of sp³-hybridized carbons (Fsp3) is 0.556. The van der Waals surface area contributed by atoms with Crippen LogP contribution in [0.3, 0.4) is 0 Å². The highest BCUT2D eigenvalue weighted by molar-refractivity contribution is 7.93. The van der Waals surface area contributed by atoms with E-state index in [1.54, 1.807) is 18.2 Å². The highest BCUT2D eigenvalue weighted by Crippen LogP contribution is 2.32. The molecule has 142 valence electrons. The van der Waals surface area contributed by atoms with Gasteiger partial charge in [-0.3, -0.25) is 13.9 Å². The van der Waals surface area contributed by atoms with Gasteiger partial charge in [-0.05, 0) is 56.7 Å². The molecule has 8 heteroatoms. The molecular formula is C18H24N2O5S. The quantitative estimate of drug-likeness (QED) is 0.834. The van der Waals surface area contributed by atoms with E-state index in [1.807, 2.05) is 6.92 Å². The Kier molecular flexibility index (Phi) is 5.22. The van der Waals surface area contributed by atoms with Crippen molar-refractivity contribution in [3.05, 3.63) is 23.8 Å². The van der Waals surface area contributed by atoms with Crippen LogP contribution in [0.1, 0.15) is 37.7 Å². The van der Waals surface area contributed by atoms with Gasteiger partial charge >= 0.3 is 5.97 Å². The smallest absolute Gasteiger partial charge is 0.306 e. The van der Waals surface area contributed by atoms with Gasteiger partial charge in [0.1, 0.15) is 0 Å². The third kappa shape index (κ3) is 3.85. The van der Waals surface area contributed by atoms with Crippen LogP contribution in [0.5, 0.6) is 0 Å². The molecule has 2 aliphatic rings. The molecule has 2 fully saturated rings. The first-order chi connectivity index (χ1) is 12.3. The lowest BCUT2D eigenvalue weighted by molar-refractivity contribution is -0.143. The Morgan fingerprint density at radius 3 is 2.38 bits per heavy atom. The molecule has 1 aromatic rings. The number of aryl methyl sites for hydroxylation is 1. The maximum Gasteiger partial charge on any atom is 0.306 e. The molecule has 1 heterocycles. The lowest BCUT2D eigenvalue weighted by Crippen LogP contribution is -2.30. The Morgan fingerprint density at radius 1 is 1.15 bits per heavy atom. The number of benzene rings is 1. The maximum atomic E-state index is 12.5. The van der Waals surface area contributed by atoms with Crippen molar-refractivity contribution in [3.8, 4) is 0 Å². The molecule has 1 aliphatic heterocycles. The summed E-state index contributed by atoms with van der Waals surface area (Å²) in [5, 5.41) is 11.9. The number of amides is 1. The lowest BCUT2D eigenvalue weighted by atomic mass is 9.81. The van der Waals surface area contributed by atoms with E-state index in [9.17, 15) is 18.0 Å². The number of carboxylic acid groups (broad SMARTS) is 1. The molecule has 1 amide bonds. The van der Waals surface area contributed by atoms with Crippen molar-refractivity contribution in [3.63, 3.8) is 0 Å². The minimum absolute atomic E-state index is 0.132. The zero-order valence-electron chi connectivity index (χ0n) is 14.8. The number of rotatable bonds is 4. The Bertz CT molecular complexity index is 813. The number of sulfonamides is 1. The zero-order valence-corrected chi connectivity index (χ0v) is 15.6. The number of carbonyl (C=O) groups excluding carboxylic acids is 1. The van der Waals surface area contributed by atoms with E-state index < -0.39 is 16.0 Å². The average molecular weight is 380 g/mol. The van der Waals surface area contributed by atoms with E-state index in [0.29, 0.717) is 50.0 Å². The highest BCUT2D eigenvalue weighted by Gasteiger charge is 2.31. The van der Waals surface area contributed by atoms with Crippen LogP contribution in [0, 0.1) is 18.8 Å². The minimum Gasteiger partial charge on any atom is -0.481 e. The molecule has 0 aromatic heterocycles. The van der Waals surface area contributed by atoms with Crippen LogP contribution in [0.25, 0.3) is 0 Å². The van der Waals surface area contributed by atoms with E-state index in [-0.39, 0.29) is 23.5 Å². The predicted molar refractivity (Wildman–Crippen MR) is 98.6 cm³/mol. The molecule has 1 aliphatic carbocycles. The third-order valence-corrected chi connectivity index (χ3v) is 7.15. The summed E-state index contributed by atoms with van der Waals surface area (Å²) in [6.07, 6.45) is 2.74. The molecule has 0 atom stereocenters. The molecule has 1 saturated heterocycles. The number of nitrogens with zero attached hydrogens (tertiary/aromatic N) is 1. The monoisotopic (exact) mass is 380 g/mol. The summed E-state index contributed by atoms with van der Waals surface area (Å²) in [7, 11) is -3.28. The summed E-state index contributed by atoms with van der Waals surface area (Å²) in [6.45, 7) is 2.31. The molecular weight excluding hydrogens is 356 g/mol. The molecule has 1 aromatic carbocycles. The Morgan fingerprint density at radius 2 is 1.81 bits per heavy atom. The Hall–Kier alpha value is -2.09. The zero-order chi connectivity index (χ0) is 18.9. The standard InChI is InChI=1S/C18H24N2O5S/c1-12-3-8-15(11-16(12)20-9-2-10-26(20,24)25)19-17(21)13-4-6-14(7-5-13)18(22)23/h3,8,11,13-14H,2,4-7,9-10H2,1H3,(H,19,21)(H,22,23). The van der Waals surface area contributed by atoms with E-state index in [0.717, 1.165) is 5.56 Å². The number of anilines is 2. The number of hydrogen-bond acceptors (Lipinski definition) is 4. The first-order valence-electron chi connectivity index (χ1n) is 8.92. The van der Waals surface area contributed by atoms with Crippen LogP contribution in [-0.4, -0.2) is 37.7 Å². The summed E-state index contributed by atoms with van der Waals surface area (Å²) in [6, 6.07) is 5.28. The van der Waals surface area contributed by atoms with Gasteiger partial charge in [-0.2, -0.15) is 0 Å². The number of nitrogens with one attached hydrogen (secondary N) is 1. The average Bonchev–Trinajstić information content (AvgIpc) is 2.95. The number of aliphatic carboxylic acids is 1. The van der Waals surface area contributed by atoms with Gasteiger partial charge in [0, 0.05) is 18.2 Å². The van der Waals surface area contributed by atoms with Gasteiger partial charge in [0.25, 0.3) is 0 Å². The second kappa shape index (κ2) is 7.26. The van der Waals surface area contributed by atoms with Crippen molar-refractivity contribution in [1.82, 2.24) is 0 Å². The largest absolute Gasteiger partial charge is 0.481 e. The summed E-state index contributed by atoms with van der Waals surface area (Å²) in [4.78, 5) is 23.5. The molecule has 0 spiro atoms. The normalized spacial score (nSPS) is 25.0. The van der Waals surface area contributed by atoms with Crippen LogP contribution in [-0.2, 0) is 19.6 Å². The van der Waals surface area contributed by atoms with Crippen molar-refractivity contribution in [2.24, 2.45) is 11.8 Å². The summed E-state index contributed by atoms with van der Waals surface area (Å²) in [5.74, 6) is -1.33. The van der Waals surface area contributed by atoms with Crippen LogP contribution in [0.15, 0.2) is 18.2 Å². The molecule has 0 radical (unpaired) electrons. The van der Waals surface area contributed by atoms with Gasteiger partial charge in [0.05, 0.1) is 17.4 Å². The SMILES string of the molecule is Cc1ccc(NC(=O)C2CCC(C(=O)O)CC2)cc1N1CCCS1(=O)=O. The molecule has 3 rings (SSSR count). The van der Waals surface area contributed by atoms with E-state index >= 15 is 0 Å². The Balaban J connectivity index is 1.70. The number of carboxylic acids is 1. The second-order valence-corrected chi connectivity index (χ2v) is 9.13. The number of carbonyl (C=O) groups is 2. The van der Waals surface area contributed by atoms with Crippen molar-refractivity contribution < 1.29 is 23.1 Å². The molecule has 1 saturated carbocycles. The van der Waals surface area contributed by atoms with Crippen molar-refractivity contribution >= 4 is 33.3 Å². The molecule has 26 heavy (non-hydrogen) atoms. The fourth-order valence-corrected chi connectivity index (χ4v) is 5.33. The fourth-order valence-electron chi connectivity index (χ4n) is 3.71. The highest BCUT2D eigenvalue weighted by atomic mass is 32.2. The summed E-state index contributed by atoms with van der Waals surface area (Å²) in [5.41, 5.74) is 2.02. The van der Waals surface area contributed by atoms with Crippen LogP contribution in [0.2, 0.25) is 0 Å². The lowest BCUT2D eigenvalue weighted by Gasteiger charge is -2.25. The van der Waals surface area contributed by atoms with Crippen LogP contribution in [0.4, 0.5) is 11.4 Å². The van der Waals surface area contributed by atoms with Crippen LogP contribution >= 0.6 is 0 Å². The van der Waals surface area contributed by atoms with Crippen LogP contribution < -0.4 is 9.62 Å². The Labute approximate surface area is 153 Å². The van der Waals surface area contributed by atoms with Gasteiger partial charge < -0.3 is 10.4 Å². The molecule has 0 bridgehead atoms. The first kappa shape index (κ1) is 18.7. The predicted octanol–water partition coefficient (Wildman–Crippen LogP) is 2.36. The minimum atomic E-state index is -3.28. The number of hydrogen-bond donors (Lipinski definition) is 2. The van der Waals surface area contributed by atoms with Gasteiger partial charge in [0.15, 0.2) is 0 Å². The molecule has 0 unspecified atom stereocenters. The van der Waals surface area contributed by atoms with Gasteiger partial charge in [-0.1, -0.05) is 6.07 Å². The van der Waals surface area contributed by atoms with Crippen molar-refractivity contribution in [2.45, 2.75) is 39.0 Å². The summed E-state index contributed by atoms with van der Waals surface area (Å²) >= 11 is 0. The van der Waals surface area contributed by atoms with Crippen molar-refractivity contribution in [1.29, 1.82) is 0 Å². The third-order valence-electron chi connectivity index (χ3n) is 5.29. The molecule has 7 nitrogen and oxygen atoms in total.